The van der Waals surface area contributed by atoms with Crippen LogP contribution in [0, 0.1) is 0 Å². The van der Waals surface area contributed by atoms with Crippen LogP contribution >= 0.6 is 11.6 Å². The van der Waals surface area contributed by atoms with E-state index in [1.54, 1.807) is 26.1 Å². The van der Waals surface area contributed by atoms with Crippen LogP contribution in [0.3, 0.4) is 0 Å². The zero-order valence-electron chi connectivity index (χ0n) is 20.6. The quantitative estimate of drug-likeness (QED) is 0.335. The Kier molecular flexibility index (Phi) is 8.79. The van der Waals surface area contributed by atoms with Crippen LogP contribution in [0.2, 0.25) is 5.15 Å². The molecule has 192 valence electrons. The highest BCUT2D eigenvalue weighted by atomic mass is 35.5. The third kappa shape index (κ3) is 6.26. The van der Waals surface area contributed by atoms with Crippen LogP contribution in [0.4, 0.5) is 30.4 Å². The monoisotopic (exact) mass is 519 g/mol. The van der Waals surface area contributed by atoms with Gasteiger partial charge in [0.15, 0.2) is 0 Å². The first-order valence-corrected chi connectivity index (χ1v) is 12.1. The highest BCUT2D eigenvalue weighted by Crippen LogP contribution is 2.33. The fourth-order valence-corrected chi connectivity index (χ4v) is 4.20. The summed E-state index contributed by atoms with van der Waals surface area (Å²) in [6, 6.07) is 10.6. The molecule has 3 aromatic rings. The number of amides is 1. The molecule has 6 nitrogen and oxygen atoms in total. The van der Waals surface area contributed by atoms with Crippen LogP contribution in [0.5, 0.6) is 0 Å². The number of nitrogens with one attached hydrogen (secondary N) is 1. The SMILES string of the molecule is CCNc1cc(C(=O)N(CC)c2cccc([C@H](C)N(CC)c3cncc(Cl)n3)c2)cc(C(F)(F)F)c1. The van der Waals surface area contributed by atoms with Gasteiger partial charge in [0.25, 0.3) is 5.91 Å². The van der Waals surface area contributed by atoms with Crippen molar-refractivity contribution in [3.63, 3.8) is 0 Å². The molecule has 10 heteroatoms. The number of halogens is 4. The minimum absolute atomic E-state index is 0.0366. The van der Waals surface area contributed by atoms with Gasteiger partial charge in [-0.25, -0.2) is 4.98 Å². The molecule has 0 aliphatic carbocycles. The summed E-state index contributed by atoms with van der Waals surface area (Å²) in [6.07, 6.45) is -1.48. The molecule has 36 heavy (non-hydrogen) atoms. The maximum absolute atomic E-state index is 13.5. The molecule has 1 atom stereocenters. The predicted octanol–water partition coefficient (Wildman–Crippen LogP) is 6.83. The molecule has 0 saturated heterocycles. The first kappa shape index (κ1) is 27.3. The van der Waals surface area contributed by atoms with Crippen molar-refractivity contribution in [1.29, 1.82) is 0 Å². The standard InChI is InChI=1S/C26H29ClF3N5O/c1-5-32-21-12-19(11-20(14-21)26(28,29)30)25(36)35(7-3)22-10-8-9-18(13-22)17(4)34(6-2)24-16-31-15-23(27)33-24/h8-17,32H,5-7H2,1-4H3/t17-/m0/s1. The molecule has 0 fully saturated rings. The second-order valence-corrected chi connectivity index (χ2v) is 8.52. The smallest absolute Gasteiger partial charge is 0.385 e. The number of anilines is 3. The molecular weight excluding hydrogens is 491 g/mol. The Labute approximate surface area is 214 Å². The molecule has 0 unspecified atom stereocenters. The van der Waals surface area contributed by atoms with E-state index in [1.165, 1.54) is 17.2 Å². The highest BCUT2D eigenvalue weighted by Gasteiger charge is 2.32. The lowest BCUT2D eigenvalue weighted by Gasteiger charge is -2.30. The van der Waals surface area contributed by atoms with E-state index in [2.05, 4.69) is 15.3 Å². The van der Waals surface area contributed by atoms with Crippen molar-refractivity contribution in [3.05, 3.63) is 76.7 Å². The summed E-state index contributed by atoms with van der Waals surface area (Å²) in [6.45, 7) is 8.89. The predicted molar refractivity (Wildman–Crippen MR) is 138 cm³/mol. The van der Waals surface area contributed by atoms with Crippen LogP contribution in [0.25, 0.3) is 0 Å². The minimum atomic E-state index is -4.57. The molecule has 0 saturated carbocycles. The Balaban J connectivity index is 1.96. The van der Waals surface area contributed by atoms with E-state index in [9.17, 15) is 18.0 Å². The van der Waals surface area contributed by atoms with E-state index in [0.717, 1.165) is 17.7 Å². The largest absolute Gasteiger partial charge is 0.416 e. The van der Waals surface area contributed by atoms with Crippen molar-refractivity contribution in [2.75, 3.05) is 34.8 Å². The molecular formula is C26H29ClF3N5O. The topological polar surface area (TPSA) is 61.4 Å². The molecule has 0 bridgehead atoms. The second kappa shape index (κ2) is 11.6. The fourth-order valence-electron chi connectivity index (χ4n) is 4.06. The van der Waals surface area contributed by atoms with Gasteiger partial charge in [-0.1, -0.05) is 23.7 Å². The Morgan fingerprint density at radius 3 is 2.44 bits per heavy atom. The summed E-state index contributed by atoms with van der Waals surface area (Å²) < 4.78 is 40.5. The number of hydrogen-bond acceptors (Lipinski definition) is 5. The Morgan fingerprint density at radius 2 is 1.83 bits per heavy atom. The van der Waals surface area contributed by atoms with Gasteiger partial charge >= 0.3 is 6.18 Å². The van der Waals surface area contributed by atoms with E-state index in [0.29, 0.717) is 24.6 Å². The minimum Gasteiger partial charge on any atom is -0.385 e. The first-order valence-electron chi connectivity index (χ1n) is 11.7. The Hall–Kier alpha value is -3.33. The van der Waals surface area contributed by atoms with Crippen molar-refractivity contribution in [1.82, 2.24) is 9.97 Å². The van der Waals surface area contributed by atoms with Gasteiger partial charge in [-0.3, -0.25) is 9.78 Å². The van der Waals surface area contributed by atoms with Gasteiger partial charge in [-0.15, -0.1) is 0 Å². The normalized spacial score (nSPS) is 12.2. The lowest BCUT2D eigenvalue weighted by molar-refractivity contribution is -0.137. The van der Waals surface area contributed by atoms with Crippen molar-refractivity contribution in [2.45, 2.75) is 39.9 Å². The molecule has 1 amide bonds. The van der Waals surface area contributed by atoms with Crippen molar-refractivity contribution in [2.24, 2.45) is 0 Å². The van der Waals surface area contributed by atoms with Gasteiger partial charge in [-0.05, 0) is 63.6 Å². The summed E-state index contributed by atoms with van der Waals surface area (Å²) in [5.74, 6) is 0.104. The van der Waals surface area contributed by atoms with Crippen molar-refractivity contribution < 1.29 is 18.0 Å². The number of aromatic nitrogens is 2. The van der Waals surface area contributed by atoms with Crippen molar-refractivity contribution >= 4 is 34.7 Å². The van der Waals surface area contributed by atoms with Gasteiger partial charge in [0.05, 0.1) is 24.0 Å². The number of hydrogen-bond donors (Lipinski definition) is 1. The second-order valence-electron chi connectivity index (χ2n) is 8.13. The fraction of sp³-hybridized carbons (Fsp3) is 0.346. The molecule has 0 aliphatic heterocycles. The van der Waals surface area contributed by atoms with E-state index in [1.807, 2.05) is 36.9 Å². The van der Waals surface area contributed by atoms with E-state index in [4.69, 9.17) is 11.6 Å². The summed E-state index contributed by atoms with van der Waals surface area (Å²) in [5, 5.41) is 3.16. The lowest BCUT2D eigenvalue weighted by atomic mass is 10.0. The highest BCUT2D eigenvalue weighted by molar-refractivity contribution is 6.29. The van der Waals surface area contributed by atoms with E-state index >= 15 is 0 Å². The molecule has 0 aliphatic rings. The van der Waals surface area contributed by atoms with Crippen LogP contribution in [-0.2, 0) is 6.18 Å². The van der Waals surface area contributed by atoms with Crippen LogP contribution in [0.15, 0.2) is 54.9 Å². The summed E-state index contributed by atoms with van der Waals surface area (Å²) in [4.78, 5) is 25.4. The molecule has 3 rings (SSSR count). The average Bonchev–Trinajstić information content (AvgIpc) is 2.84. The Bertz CT molecular complexity index is 1200. The van der Waals surface area contributed by atoms with Gasteiger partial charge in [0.1, 0.15) is 11.0 Å². The number of benzene rings is 2. The summed E-state index contributed by atoms with van der Waals surface area (Å²) in [7, 11) is 0. The van der Waals surface area contributed by atoms with Crippen LogP contribution in [0.1, 0.15) is 55.2 Å². The maximum atomic E-state index is 13.5. The molecule has 0 spiro atoms. The summed E-state index contributed by atoms with van der Waals surface area (Å²) in [5.41, 5.74) is 0.826. The number of nitrogens with zero attached hydrogens (tertiary/aromatic N) is 4. The van der Waals surface area contributed by atoms with Gasteiger partial charge < -0.3 is 15.1 Å². The van der Waals surface area contributed by atoms with Gasteiger partial charge in [0.2, 0.25) is 0 Å². The van der Waals surface area contributed by atoms with Gasteiger partial charge in [0, 0.05) is 36.6 Å². The molecule has 0 radical (unpaired) electrons. The van der Waals surface area contributed by atoms with Gasteiger partial charge in [-0.2, -0.15) is 13.2 Å². The van der Waals surface area contributed by atoms with Crippen molar-refractivity contribution in [3.8, 4) is 0 Å². The molecule has 1 aromatic heterocycles. The summed E-state index contributed by atoms with van der Waals surface area (Å²) >= 11 is 6.03. The van der Waals surface area contributed by atoms with Crippen LogP contribution in [-0.4, -0.2) is 35.5 Å². The molecule has 2 aromatic carbocycles. The van der Waals surface area contributed by atoms with Crippen LogP contribution < -0.4 is 15.1 Å². The average molecular weight is 520 g/mol. The number of carbonyl (C=O) groups excluding carboxylic acids is 1. The molecule has 1 heterocycles. The maximum Gasteiger partial charge on any atom is 0.416 e. The van der Waals surface area contributed by atoms with E-state index in [-0.39, 0.29) is 29.0 Å². The number of rotatable bonds is 9. The number of carbonyl (C=O) groups is 1. The lowest BCUT2D eigenvalue weighted by Crippen LogP contribution is -2.31. The third-order valence-electron chi connectivity index (χ3n) is 5.81. The zero-order valence-corrected chi connectivity index (χ0v) is 21.4. The van der Waals surface area contributed by atoms with E-state index < -0.39 is 17.6 Å². The first-order chi connectivity index (χ1) is 17.1. The zero-order chi connectivity index (χ0) is 26.5. The number of alkyl halides is 3. The third-order valence-corrected chi connectivity index (χ3v) is 5.99. The molecule has 1 N–H and O–H groups in total. The Morgan fingerprint density at radius 1 is 1.08 bits per heavy atom.